The van der Waals surface area contributed by atoms with Gasteiger partial charge in [0.1, 0.15) is 5.75 Å². The third kappa shape index (κ3) is 5.42. The topological polar surface area (TPSA) is 21.3 Å². The van der Waals surface area contributed by atoms with E-state index in [1.54, 1.807) is 0 Å². The number of thioether (sulfide) groups is 1. The van der Waals surface area contributed by atoms with Crippen LogP contribution in [0.3, 0.4) is 0 Å². The average molecular weight is 239 g/mol. The smallest absolute Gasteiger partial charge is 0.119 e. The second-order valence-corrected chi connectivity index (χ2v) is 4.85. The fourth-order valence-electron chi connectivity index (χ4n) is 1.43. The maximum absolute atomic E-state index is 5.46. The molecule has 0 atom stereocenters. The van der Waals surface area contributed by atoms with Gasteiger partial charge in [0, 0.05) is 18.8 Å². The molecule has 0 saturated heterocycles. The zero-order valence-corrected chi connectivity index (χ0v) is 11.0. The lowest BCUT2D eigenvalue weighted by atomic mass is 10.2. The summed E-state index contributed by atoms with van der Waals surface area (Å²) in [4.78, 5) is 0. The second-order valence-electron chi connectivity index (χ2n) is 3.45. The molecule has 2 nitrogen and oxygen atoms in total. The minimum Gasteiger partial charge on any atom is -0.494 e. The van der Waals surface area contributed by atoms with Gasteiger partial charge in [0.25, 0.3) is 0 Å². The number of hydrogen-bond donors (Lipinski definition) is 1. The Morgan fingerprint density at radius 3 is 2.94 bits per heavy atom. The minimum atomic E-state index is 0.726. The van der Waals surface area contributed by atoms with Gasteiger partial charge in [-0.2, -0.15) is 11.8 Å². The van der Waals surface area contributed by atoms with Crippen LogP contribution in [0.25, 0.3) is 0 Å². The van der Waals surface area contributed by atoms with E-state index < -0.39 is 0 Å². The summed E-state index contributed by atoms with van der Waals surface area (Å²) < 4.78 is 5.46. The van der Waals surface area contributed by atoms with Crippen molar-refractivity contribution in [1.82, 2.24) is 5.32 Å². The van der Waals surface area contributed by atoms with Crippen LogP contribution in [-0.2, 0) is 6.54 Å². The Kier molecular flexibility index (Phi) is 7.10. The molecule has 0 amide bonds. The van der Waals surface area contributed by atoms with Gasteiger partial charge < -0.3 is 10.1 Å². The van der Waals surface area contributed by atoms with Crippen molar-refractivity contribution < 1.29 is 4.74 Å². The Bertz CT molecular complexity index is 291. The quantitative estimate of drug-likeness (QED) is 0.705. The van der Waals surface area contributed by atoms with Crippen LogP contribution in [0.2, 0.25) is 0 Å². The van der Waals surface area contributed by atoms with E-state index in [9.17, 15) is 0 Å². The maximum atomic E-state index is 5.46. The van der Waals surface area contributed by atoms with Gasteiger partial charge in [0.05, 0.1) is 6.61 Å². The molecule has 0 unspecified atom stereocenters. The lowest BCUT2D eigenvalue weighted by molar-refractivity contribution is 0.340. The summed E-state index contributed by atoms with van der Waals surface area (Å²) in [6.45, 7) is 6.91. The molecular weight excluding hydrogens is 218 g/mol. The summed E-state index contributed by atoms with van der Waals surface area (Å²) in [5.41, 5.74) is 1.28. The van der Waals surface area contributed by atoms with Gasteiger partial charge in [-0.1, -0.05) is 19.1 Å². The first-order valence-corrected chi connectivity index (χ1v) is 7.02. The Morgan fingerprint density at radius 1 is 1.31 bits per heavy atom. The van der Waals surface area contributed by atoms with Crippen molar-refractivity contribution in [3.05, 3.63) is 29.8 Å². The highest BCUT2D eigenvalue weighted by Crippen LogP contribution is 2.12. The van der Waals surface area contributed by atoms with Crippen molar-refractivity contribution in [2.24, 2.45) is 0 Å². The molecule has 0 heterocycles. The highest BCUT2D eigenvalue weighted by molar-refractivity contribution is 7.99. The highest BCUT2D eigenvalue weighted by atomic mass is 32.2. The van der Waals surface area contributed by atoms with Crippen LogP contribution in [0.1, 0.15) is 19.4 Å². The minimum absolute atomic E-state index is 0.726. The number of benzene rings is 1. The summed E-state index contributed by atoms with van der Waals surface area (Å²) >= 11 is 1.97. The molecular formula is C13H21NOS. The predicted octanol–water partition coefficient (Wildman–Crippen LogP) is 2.93. The molecule has 1 aromatic carbocycles. The zero-order valence-electron chi connectivity index (χ0n) is 10.2. The molecule has 0 radical (unpaired) electrons. The van der Waals surface area contributed by atoms with Crippen LogP contribution in [-0.4, -0.2) is 24.7 Å². The first-order chi connectivity index (χ1) is 7.86. The Hall–Kier alpha value is -0.670. The molecule has 90 valence electrons. The number of rotatable bonds is 8. The number of hydrogen-bond acceptors (Lipinski definition) is 3. The van der Waals surface area contributed by atoms with Crippen LogP contribution in [0.5, 0.6) is 5.75 Å². The van der Waals surface area contributed by atoms with E-state index >= 15 is 0 Å². The highest BCUT2D eigenvalue weighted by Gasteiger charge is 1.95. The van der Waals surface area contributed by atoms with E-state index in [1.807, 2.05) is 30.8 Å². The standard InChI is InChI=1S/C13H21NOS/c1-3-15-13-7-5-6-12(10-13)11-14-8-9-16-4-2/h5-7,10,14H,3-4,8-9,11H2,1-2H3. The Morgan fingerprint density at radius 2 is 2.19 bits per heavy atom. The molecule has 0 bridgehead atoms. The van der Waals surface area contributed by atoms with E-state index in [-0.39, 0.29) is 0 Å². The van der Waals surface area contributed by atoms with Crippen molar-refractivity contribution in [3.8, 4) is 5.75 Å². The van der Waals surface area contributed by atoms with E-state index in [4.69, 9.17) is 4.74 Å². The molecule has 0 aliphatic rings. The third-order valence-corrected chi connectivity index (χ3v) is 3.07. The summed E-state index contributed by atoms with van der Waals surface area (Å²) in [6.07, 6.45) is 0. The number of nitrogens with one attached hydrogen (secondary N) is 1. The molecule has 0 aliphatic carbocycles. The second kappa shape index (κ2) is 8.48. The largest absolute Gasteiger partial charge is 0.494 e. The first-order valence-electron chi connectivity index (χ1n) is 5.87. The third-order valence-electron chi connectivity index (χ3n) is 2.17. The zero-order chi connectivity index (χ0) is 11.6. The van der Waals surface area contributed by atoms with E-state index in [0.717, 1.165) is 25.4 Å². The summed E-state index contributed by atoms with van der Waals surface area (Å²) in [5.74, 6) is 3.34. The molecule has 0 spiro atoms. The van der Waals surface area contributed by atoms with Gasteiger partial charge in [-0.15, -0.1) is 0 Å². The molecule has 0 aliphatic heterocycles. The molecule has 3 heteroatoms. The molecule has 0 aromatic heterocycles. The summed E-state index contributed by atoms with van der Waals surface area (Å²) in [6, 6.07) is 8.27. The van der Waals surface area contributed by atoms with Gasteiger partial charge >= 0.3 is 0 Å². The lowest BCUT2D eigenvalue weighted by Gasteiger charge is -2.07. The van der Waals surface area contributed by atoms with Crippen LogP contribution < -0.4 is 10.1 Å². The lowest BCUT2D eigenvalue weighted by Crippen LogP contribution is -2.16. The Balaban J connectivity index is 2.27. The summed E-state index contributed by atoms with van der Waals surface area (Å²) in [7, 11) is 0. The summed E-state index contributed by atoms with van der Waals surface area (Å²) in [5, 5.41) is 3.43. The van der Waals surface area contributed by atoms with Crippen LogP contribution in [0.15, 0.2) is 24.3 Å². The van der Waals surface area contributed by atoms with E-state index in [1.165, 1.54) is 17.1 Å². The van der Waals surface area contributed by atoms with Crippen molar-refractivity contribution in [2.45, 2.75) is 20.4 Å². The number of ether oxygens (including phenoxy) is 1. The van der Waals surface area contributed by atoms with E-state index in [0.29, 0.717) is 0 Å². The molecule has 1 N–H and O–H groups in total. The van der Waals surface area contributed by atoms with Gasteiger partial charge in [-0.25, -0.2) is 0 Å². The van der Waals surface area contributed by atoms with Crippen LogP contribution in [0, 0.1) is 0 Å². The van der Waals surface area contributed by atoms with Crippen molar-refractivity contribution >= 4 is 11.8 Å². The van der Waals surface area contributed by atoms with Crippen molar-refractivity contribution in [1.29, 1.82) is 0 Å². The monoisotopic (exact) mass is 239 g/mol. The van der Waals surface area contributed by atoms with E-state index in [2.05, 4.69) is 24.4 Å². The van der Waals surface area contributed by atoms with Gasteiger partial charge in [-0.3, -0.25) is 0 Å². The predicted molar refractivity (Wildman–Crippen MR) is 72.3 cm³/mol. The molecule has 1 aromatic rings. The molecule has 16 heavy (non-hydrogen) atoms. The SMILES string of the molecule is CCOc1cccc(CNCCSCC)c1. The van der Waals surface area contributed by atoms with Gasteiger partial charge in [0.15, 0.2) is 0 Å². The fourth-order valence-corrected chi connectivity index (χ4v) is 2.01. The van der Waals surface area contributed by atoms with Crippen LogP contribution >= 0.6 is 11.8 Å². The maximum Gasteiger partial charge on any atom is 0.119 e. The Labute approximate surface area is 103 Å². The molecule has 1 rings (SSSR count). The average Bonchev–Trinajstić information content (AvgIpc) is 2.30. The first kappa shape index (κ1) is 13.4. The van der Waals surface area contributed by atoms with Crippen molar-refractivity contribution in [2.75, 3.05) is 24.7 Å². The molecule has 0 fully saturated rings. The fraction of sp³-hybridized carbons (Fsp3) is 0.538. The van der Waals surface area contributed by atoms with Crippen LogP contribution in [0.4, 0.5) is 0 Å². The molecule has 0 saturated carbocycles. The van der Waals surface area contributed by atoms with Crippen molar-refractivity contribution in [3.63, 3.8) is 0 Å². The van der Waals surface area contributed by atoms with Gasteiger partial charge in [-0.05, 0) is 30.4 Å². The van der Waals surface area contributed by atoms with Gasteiger partial charge in [0.2, 0.25) is 0 Å². The normalized spacial score (nSPS) is 10.4.